The third kappa shape index (κ3) is 1.66. The molecule has 2 nitrogen and oxygen atoms in total. The molecule has 1 unspecified atom stereocenters. The first-order chi connectivity index (χ1) is 5.63. The molecule has 0 heterocycles. The Hall–Kier alpha value is -1.28. The number of rotatable bonds is 2. The first kappa shape index (κ1) is 8.81. The molecule has 0 spiro atoms. The molecule has 64 valence electrons. The molecule has 0 aliphatic rings. The smallest absolute Gasteiger partial charge is 0.135 e. The SMILES string of the molecule is C=C(O)C(O)c1ccccc1C. The molecule has 1 rings (SSSR count). The highest BCUT2D eigenvalue weighted by Gasteiger charge is 2.11. The molecule has 0 radical (unpaired) electrons. The maximum Gasteiger partial charge on any atom is 0.135 e. The van der Waals surface area contributed by atoms with Gasteiger partial charge in [0.15, 0.2) is 0 Å². The molecule has 0 amide bonds. The lowest BCUT2D eigenvalue weighted by Crippen LogP contribution is -2.01. The molecule has 2 heteroatoms. The molecule has 0 aliphatic carbocycles. The van der Waals surface area contributed by atoms with Gasteiger partial charge in [-0.3, -0.25) is 0 Å². The van der Waals surface area contributed by atoms with Crippen LogP contribution >= 0.6 is 0 Å². The van der Waals surface area contributed by atoms with Gasteiger partial charge in [-0.2, -0.15) is 0 Å². The number of benzene rings is 1. The highest BCUT2D eigenvalue weighted by molar-refractivity contribution is 5.30. The molecule has 1 aromatic rings. The Bertz CT molecular complexity index is 292. The Balaban J connectivity index is 3.02. The standard InChI is InChI=1S/C10H12O2/c1-7-5-3-4-6-9(7)10(12)8(2)11/h3-6,10-12H,2H2,1H3. The summed E-state index contributed by atoms with van der Waals surface area (Å²) in [7, 11) is 0. The lowest BCUT2D eigenvalue weighted by atomic mass is 10.0. The topological polar surface area (TPSA) is 40.5 Å². The van der Waals surface area contributed by atoms with Gasteiger partial charge in [0.2, 0.25) is 0 Å². The summed E-state index contributed by atoms with van der Waals surface area (Å²) in [5, 5.41) is 18.4. The van der Waals surface area contributed by atoms with Crippen LogP contribution in [0.15, 0.2) is 36.6 Å². The monoisotopic (exact) mass is 164 g/mol. The van der Waals surface area contributed by atoms with Crippen molar-refractivity contribution in [1.29, 1.82) is 0 Å². The van der Waals surface area contributed by atoms with Gasteiger partial charge in [0.25, 0.3) is 0 Å². The van der Waals surface area contributed by atoms with Crippen LogP contribution in [-0.4, -0.2) is 10.2 Å². The van der Waals surface area contributed by atoms with Crippen molar-refractivity contribution in [3.63, 3.8) is 0 Å². The summed E-state index contributed by atoms with van der Waals surface area (Å²) in [4.78, 5) is 0. The van der Waals surface area contributed by atoms with Crippen LogP contribution < -0.4 is 0 Å². The van der Waals surface area contributed by atoms with E-state index in [1.807, 2.05) is 25.1 Å². The van der Waals surface area contributed by atoms with Crippen molar-refractivity contribution in [2.75, 3.05) is 0 Å². The van der Waals surface area contributed by atoms with Gasteiger partial charge in [0.05, 0.1) is 0 Å². The molecule has 0 aromatic heterocycles. The van der Waals surface area contributed by atoms with Crippen LogP contribution in [0.1, 0.15) is 17.2 Å². The van der Waals surface area contributed by atoms with Gasteiger partial charge in [-0.1, -0.05) is 30.8 Å². The van der Waals surface area contributed by atoms with E-state index in [9.17, 15) is 5.11 Å². The maximum atomic E-state index is 9.43. The number of aryl methyl sites for hydroxylation is 1. The third-order valence-corrected chi connectivity index (χ3v) is 1.80. The molecule has 0 bridgehead atoms. The molecule has 12 heavy (non-hydrogen) atoms. The van der Waals surface area contributed by atoms with Crippen molar-refractivity contribution >= 4 is 0 Å². The van der Waals surface area contributed by atoms with Gasteiger partial charge in [0.1, 0.15) is 11.9 Å². The van der Waals surface area contributed by atoms with E-state index >= 15 is 0 Å². The summed E-state index contributed by atoms with van der Waals surface area (Å²) < 4.78 is 0. The van der Waals surface area contributed by atoms with E-state index in [0.29, 0.717) is 5.56 Å². The summed E-state index contributed by atoms with van der Waals surface area (Å²) in [6.45, 7) is 5.15. The fourth-order valence-electron chi connectivity index (χ4n) is 1.07. The second-order valence-electron chi connectivity index (χ2n) is 2.75. The minimum atomic E-state index is -0.966. The highest BCUT2D eigenvalue weighted by atomic mass is 16.3. The Kier molecular flexibility index (Phi) is 2.51. The minimum absolute atomic E-state index is 0.218. The zero-order valence-corrected chi connectivity index (χ0v) is 6.99. The van der Waals surface area contributed by atoms with E-state index < -0.39 is 6.10 Å². The molecule has 0 aliphatic heterocycles. The predicted octanol–water partition coefficient (Wildman–Crippen LogP) is 2.10. The molecular formula is C10H12O2. The van der Waals surface area contributed by atoms with Crippen LogP contribution in [-0.2, 0) is 0 Å². The first-order valence-electron chi connectivity index (χ1n) is 3.74. The van der Waals surface area contributed by atoms with E-state index in [1.165, 1.54) is 0 Å². The fraction of sp³-hybridized carbons (Fsp3) is 0.200. The number of aliphatic hydroxyl groups excluding tert-OH is 2. The molecule has 1 aromatic carbocycles. The van der Waals surface area contributed by atoms with Gasteiger partial charge >= 0.3 is 0 Å². The normalized spacial score (nSPS) is 12.5. The zero-order valence-electron chi connectivity index (χ0n) is 6.99. The molecule has 0 saturated carbocycles. The molecule has 0 fully saturated rings. The van der Waals surface area contributed by atoms with Crippen LogP contribution in [0.5, 0.6) is 0 Å². The molecule has 0 saturated heterocycles. The number of hydrogen-bond acceptors (Lipinski definition) is 2. The van der Waals surface area contributed by atoms with Crippen LogP contribution in [0, 0.1) is 6.92 Å². The summed E-state index contributed by atoms with van der Waals surface area (Å²) in [5.74, 6) is -0.218. The summed E-state index contributed by atoms with van der Waals surface area (Å²) in [6.07, 6.45) is -0.966. The van der Waals surface area contributed by atoms with Crippen molar-refractivity contribution in [1.82, 2.24) is 0 Å². The van der Waals surface area contributed by atoms with Gasteiger partial charge in [-0.05, 0) is 18.1 Å². The summed E-state index contributed by atoms with van der Waals surface area (Å²) >= 11 is 0. The lowest BCUT2D eigenvalue weighted by Gasteiger charge is -2.11. The first-order valence-corrected chi connectivity index (χ1v) is 3.74. The zero-order chi connectivity index (χ0) is 9.14. The average molecular weight is 164 g/mol. The highest BCUT2D eigenvalue weighted by Crippen LogP contribution is 2.21. The summed E-state index contributed by atoms with van der Waals surface area (Å²) in [5.41, 5.74) is 1.64. The fourth-order valence-corrected chi connectivity index (χ4v) is 1.07. The van der Waals surface area contributed by atoms with Gasteiger partial charge in [-0.15, -0.1) is 0 Å². The average Bonchev–Trinajstić information content (AvgIpc) is 2.04. The van der Waals surface area contributed by atoms with E-state index in [1.54, 1.807) is 6.07 Å². The van der Waals surface area contributed by atoms with E-state index in [-0.39, 0.29) is 5.76 Å². The maximum absolute atomic E-state index is 9.43. The Morgan fingerprint density at radius 2 is 2.00 bits per heavy atom. The Morgan fingerprint density at radius 3 is 2.50 bits per heavy atom. The van der Waals surface area contributed by atoms with Crippen molar-refractivity contribution in [2.45, 2.75) is 13.0 Å². The van der Waals surface area contributed by atoms with Crippen molar-refractivity contribution in [3.05, 3.63) is 47.7 Å². The molecule has 2 N–H and O–H groups in total. The van der Waals surface area contributed by atoms with E-state index in [2.05, 4.69) is 6.58 Å². The van der Waals surface area contributed by atoms with Gasteiger partial charge in [-0.25, -0.2) is 0 Å². The lowest BCUT2D eigenvalue weighted by molar-refractivity contribution is 0.156. The van der Waals surface area contributed by atoms with Crippen LogP contribution in [0.25, 0.3) is 0 Å². The van der Waals surface area contributed by atoms with Gasteiger partial charge in [0, 0.05) is 0 Å². The minimum Gasteiger partial charge on any atom is -0.510 e. The predicted molar refractivity (Wildman–Crippen MR) is 47.9 cm³/mol. The quantitative estimate of drug-likeness (QED) is 0.657. The van der Waals surface area contributed by atoms with E-state index in [4.69, 9.17) is 5.11 Å². The van der Waals surface area contributed by atoms with Crippen LogP contribution in [0.3, 0.4) is 0 Å². The largest absolute Gasteiger partial charge is 0.510 e. The molecule has 1 atom stereocenters. The summed E-state index contributed by atoms with van der Waals surface area (Å²) in [6, 6.07) is 7.34. The van der Waals surface area contributed by atoms with E-state index in [0.717, 1.165) is 5.56 Å². The number of hydrogen-bond donors (Lipinski definition) is 2. The molecular weight excluding hydrogens is 152 g/mol. The van der Waals surface area contributed by atoms with Crippen LogP contribution in [0.2, 0.25) is 0 Å². The Morgan fingerprint density at radius 1 is 1.42 bits per heavy atom. The van der Waals surface area contributed by atoms with Crippen molar-refractivity contribution in [3.8, 4) is 0 Å². The second kappa shape index (κ2) is 3.41. The van der Waals surface area contributed by atoms with Gasteiger partial charge < -0.3 is 10.2 Å². The Labute approximate surface area is 71.8 Å². The third-order valence-electron chi connectivity index (χ3n) is 1.80. The van der Waals surface area contributed by atoms with Crippen LogP contribution in [0.4, 0.5) is 0 Å². The van der Waals surface area contributed by atoms with Crippen molar-refractivity contribution < 1.29 is 10.2 Å². The second-order valence-corrected chi connectivity index (χ2v) is 2.75. The number of aliphatic hydroxyl groups is 2. The van der Waals surface area contributed by atoms with Crippen molar-refractivity contribution in [2.24, 2.45) is 0 Å².